The van der Waals surface area contributed by atoms with E-state index in [9.17, 15) is 9.59 Å². The highest BCUT2D eigenvalue weighted by Gasteiger charge is 2.17. The predicted octanol–water partition coefficient (Wildman–Crippen LogP) is 2.26. The van der Waals surface area contributed by atoms with Crippen LogP contribution >= 0.6 is 0 Å². The van der Waals surface area contributed by atoms with Crippen molar-refractivity contribution in [3.05, 3.63) is 64.6 Å². The van der Waals surface area contributed by atoms with E-state index in [1.807, 2.05) is 51.1 Å². The molecule has 3 N–H and O–H groups in total. The van der Waals surface area contributed by atoms with Crippen molar-refractivity contribution >= 4 is 17.5 Å². The normalized spacial score (nSPS) is 12.1. The smallest absolute Gasteiger partial charge is 0.254 e. The first kappa shape index (κ1) is 18.6. The van der Waals surface area contributed by atoms with E-state index in [1.54, 1.807) is 4.52 Å². The Morgan fingerprint density at radius 2 is 1.93 bits per heavy atom. The van der Waals surface area contributed by atoms with Gasteiger partial charge >= 0.3 is 0 Å². The lowest BCUT2D eigenvalue weighted by molar-refractivity contribution is -0.121. The maximum absolute atomic E-state index is 12.4. The largest absolute Gasteiger partial charge is 0.365 e. The number of hydrogen-bond acceptors (Lipinski definition) is 4. The summed E-state index contributed by atoms with van der Waals surface area (Å²) < 4.78 is 1.60. The number of aromatic nitrogens is 3. The number of nitrogens with two attached hydrogens (primary N) is 1. The van der Waals surface area contributed by atoms with E-state index < -0.39 is 5.91 Å². The molecule has 0 saturated heterocycles. The van der Waals surface area contributed by atoms with Crippen LogP contribution in [-0.4, -0.2) is 26.4 Å². The number of benzene rings is 1. The van der Waals surface area contributed by atoms with Crippen molar-refractivity contribution in [2.75, 3.05) is 0 Å². The van der Waals surface area contributed by atoms with Crippen molar-refractivity contribution in [2.45, 2.75) is 39.7 Å². The summed E-state index contributed by atoms with van der Waals surface area (Å²) in [5, 5.41) is 7.23. The van der Waals surface area contributed by atoms with Crippen molar-refractivity contribution < 1.29 is 9.59 Å². The van der Waals surface area contributed by atoms with E-state index in [0.29, 0.717) is 24.1 Å². The zero-order chi connectivity index (χ0) is 19.6. The number of rotatable bonds is 6. The summed E-state index contributed by atoms with van der Waals surface area (Å²) in [7, 11) is 0. The van der Waals surface area contributed by atoms with E-state index in [1.165, 1.54) is 6.20 Å². The van der Waals surface area contributed by atoms with Crippen molar-refractivity contribution in [2.24, 2.45) is 5.73 Å². The van der Waals surface area contributed by atoms with Gasteiger partial charge in [-0.2, -0.15) is 5.10 Å². The highest BCUT2D eigenvalue weighted by Crippen LogP contribution is 2.19. The van der Waals surface area contributed by atoms with E-state index in [0.717, 1.165) is 22.5 Å². The summed E-state index contributed by atoms with van der Waals surface area (Å²) >= 11 is 0. The Hall–Kier alpha value is -3.22. The molecule has 0 aliphatic heterocycles. The molecule has 7 heteroatoms. The standard InChI is InChI=1S/C20H23N5O2/c1-12(15-7-5-4-6-8-15)23-18(26)10-9-16-13(2)24-20-17(19(21)27)11-22-25(20)14(16)3/h4-8,11-12H,9-10H2,1-3H3,(H2,21,27)(H,23,26). The lowest BCUT2D eigenvalue weighted by atomic mass is 10.0. The van der Waals surface area contributed by atoms with E-state index >= 15 is 0 Å². The quantitative estimate of drug-likeness (QED) is 0.699. The second-order valence-corrected chi connectivity index (χ2v) is 6.62. The molecule has 0 aliphatic rings. The van der Waals surface area contributed by atoms with Crippen LogP contribution in [0.2, 0.25) is 0 Å². The first-order chi connectivity index (χ1) is 12.9. The van der Waals surface area contributed by atoms with Crippen LogP contribution in [0.15, 0.2) is 36.5 Å². The minimum atomic E-state index is -0.557. The Morgan fingerprint density at radius 1 is 1.22 bits per heavy atom. The molecule has 3 rings (SSSR count). The lowest BCUT2D eigenvalue weighted by Crippen LogP contribution is -2.27. The van der Waals surface area contributed by atoms with E-state index in [-0.39, 0.29) is 11.9 Å². The summed E-state index contributed by atoms with van der Waals surface area (Å²) in [4.78, 5) is 28.3. The molecule has 1 unspecified atom stereocenters. The molecule has 2 heterocycles. The van der Waals surface area contributed by atoms with Gasteiger partial charge in [-0.1, -0.05) is 30.3 Å². The second kappa shape index (κ2) is 7.57. The van der Waals surface area contributed by atoms with Gasteiger partial charge in [0.25, 0.3) is 5.91 Å². The van der Waals surface area contributed by atoms with E-state index in [2.05, 4.69) is 15.4 Å². The molecule has 1 aromatic carbocycles. The van der Waals surface area contributed by atoms with Crippen LogP contribution < -0.4 is 11.1 Å². The molecule has 27 heavy (non-hydrogen) atoms. The molecule has 7 nitrogen and oxygen atoms in total. The lowest BCUT2D eigenvalue weighted by Gasteiger charge is -2.15. The molecule has 2 amide bonds. The topological polar surface area (TPSA) is 102 Å². The molecule has 0 fully saturated rings. The Bertz CT molecular complexity index is 995. The van der Waals surface area contributed by atoms with Crippen LogP contribution in [0.4, 0.5) is 0 Å². The molecular formula is C20H23N5O2. The van der Waals surface area contributed by atoms with Gasteiger partial charge in [0.15, 0.2) is 5.65 Å². The summed E-state index contributed by atoms with van der Waals surface area (Å²) in [6, 6.07) is 9.79. The number of hydrogen-bond donors (Lipinski definition) is 2. The van der Waals surface area contributed by atoms with Gasteiger partial charge in [0.2, 0.25) is 5.91 Å². The van der Waals surface area contributed by atoms with Crippen LogP contribution in [-0.2, 0) is 11.2 Å². The average molecular weight is 365 g/mol. The van der Waals surface area contributed by atoms with Crippen LogP contribution in [0.1, 0.15) is 52.3 Å². The fraction of sp³-hybridized carbons (Fsp3) is 0.300. The Kier molecular flexibility index (Phi) is 5.21. The summed E-state index contributed by atoms with van der Waals surface area (Å²) in [6.07, 6.45) is 2.31. The van der Waals surface area contributed by atoms with Crippen molar-refractivity contribution in [3.63, 3.8) is 0 Å². The van der Waals surface area contributed by atoms with E-state index in [4.69, 9.17) is 5.73 Å². The van der Waals surface area contributed by atoms with Crippen LogP contribution in [0.25, 0.3) is 5.65 Å². The predicted molar refractivity (Wildman–Crippen MR) is 102 cm³/mol. The Labute approximate surface area is 157 Å². The third-order valence-corrected chi connectivity index (χ3v) is 4.75. The molecule has 0 bridgehead atoms. The van der Waals surface area contributed by atoms with Gasteiger partial charge in [-0.25, -0.2) is 9.50 Å². The highest BCUT2D eigenvalue weighted by atomic mass is 16.2. The summed E-state index contributed by atoms with van der Waals surface area (Å²) in [5.74, 6) is -0.582. The zero-order valence-electron chi connectivity index (χ0n) is 15.7. The van der Waals surface area contributed by atoms with Crippen LogP contribution in [0, 0.1) is 13.8 Å². The number of amides is 2. The number of primary amides is 1. The van der Waals surface area contributed by atoms with Gasteiger partial charge in [-0.15, -0.1) is 0 Å². The summed E-state index contributed by atoms with van der Waals surface area (Å²) in [6.45, 7) is 5.73. The maximum atomic E-state index is 12.4. The fourth-order valence-corrected chi connectivity index (χ4v) is 3.22. The number of fused-ring (bicyclic) bond motifs is 1. The molecule has 140 valence electrons. The SMILES string of the molecule is Cc1nc2c(C(N)=O)cnn2c(C)c1CCC(=O)NC(C)c1ccccc1. The van der Waals surface area contributed by atoms with Gasteiger partial charge < -0.3 is 11.1 Å². The summed E-state index contributed by atoms with van der Waals surface area (Å²) in [5.41, 5.74) is 9.75. The second-order valence-electron chi connectivity index (χ2n) is 6.62. The minimum Gasteiger partial charge on any atom is -0.365 e. The van der Waals surface area contributed by atoms with Gasteiger partial charge in [-0.3, -0.25) is 9.59 Å². The Balaban J connectivity index is 1.73. The molecular weight excluding hydrogens is 342 g/mol. The molecule has 0 spiro atoms. The molecule has 0 aliphatic carbocycles. The third kappa shape index (κ3) is 3.81. The van der Waals surface area contributed by atoms with Crippen molar-refractivity contribution in [1.82, 2.24) is 19.9 Å². The number of nitrogens with zero attached hydrogens (tertiary/aromatic N) is 3. The molecule has 1 atom stereocenters. The Morgan fingerprint density at radius 3 is 2.59 bits per heavy atom. The van der Waals surface area contributed by atoms with Gasteiger partial charge in [0, 0.05) is 17.8 Å². The number of nitrogens with one attached hydrogen (secondary N) is 1. The number of carbonyl (C=O) groups is 2. The van der Waals surface area contributed by atoms with Gasteiger partial charge in [-0.05, 0) is 38.3 Å². The first-order valence-corrected chi connectivity index (χ1v) is 8.86. The first-order valence-electron chi connectivity index (χ1n) is 8.86. The van der Waals surface area contributed by atoms with Gasteiger partial charge in [0.1, 0.15) is 5.56 Å². The molecule has 2 aromatic heterocycles. The van der Waals surface area contributed by atoms with Crippen molar-refractivity contribution in [1.29, 1.82) is 0 Å². The monoisotopic (exact) mass is 365 g/mol. The molecule has 0 saturated carbocycles. The third-order valence-electron chi connectivity index (χ3n) is 4.75. The average Bonchev–Trinajstić information content (AvgIpc) is 3.06. The highest BCUT2D eigenvalue weighted by molar-refractivity contribution is 5.98. The van der Waals surface area contributed by atoms with Crippen LogP contribution in [0.3, 0.4) is 0 Å². The fourth-order valence-electron chi connectivity index (χ4n) is 3.22. The molecule has 3 aromatic rings. The maximum Gasteiger partial charge on any atom is 0.254 e. The van der Waals surface area contributed by atoms with Crippen LogP contribution in [0.5, 0.6) is 0 Å². The van der Waals surface area contributed by atoms with Gasteiger partial charge in [0.05, 0.1) is 12.2 Å². The number of aryl methyl sites for hydroxylation is 2. The number of carbonyl (C=O) groups excluding carboxylic acids is 2. The minimum absolute atomic E-state index is 0.0245. The van der Waals surface area contributed by atoms with Crippen molar-refractivity contribution in [3.8, 4) is 0 Å². The molecule has 0 radical (unpaired) electrons. The zero-order valence-corrected chi connectivity index (χ0v) is 15.7.